The molecule has 0 saturated heterocycles. The zero-order valence-corrected chi connectivity index (χ0v) is 37.4. The Bertz CT molecular complexity index is 1570. The fourth-order valence-electron chi connectivity index (χ4n) is 4.95. The molecule has 0 fully saturated rings. The van der Waals surface area contributed by atoms with Crippen molar-refractivity contribution in [2.75, 3.05) is 13.2 Å². The molecule has 0 aliphatic heterocycles. The Morgan fingerprint density at radius 3 is 1.30 bits per heavy atom. The lowest BCUT2D eigenvalue weighted by Gasteiger charge is -2.23. The first-order valence-corrected chi connectivity index (χ1v) is 22.1. The first-order chi connectivity index (χ1) is 26.9. The molecule has 0 aliphatic carbocycles. The number of nitrogens with two attached hydrogens (primary N) is 1. The fraction of sp³-hybridized carbons (Fsp3) is 0.475. The number of ether oxygens (including phenoxy) is 3. The van der Waals surface area contributed by atoms with Crippen LogP contribution in [0.4, 0.5) is 9.59 Å². The van der Waals surface area contributed by atoms with E-state index in [1.807, 2.05) is 70.1 Å². The topological polar surface area (TPSA) is 158 Å². The minimum atomic E-state index is -0.562. The summed E-state index contributed by atoms with van der Waals surface area (Å²) in [6.07, 6.45) is 5.23. The van der Waals surface area contributed by atoms with Gasteiger partial charge >= 0.3 is 24.1 Å². The van der Waals surface area contributed by atoms with E-state index in [9.17, 15) is 24.0 Å². The van der Waals surface area contributed by atoms with Crippen LogP contribution in [0.1, 0.15) is 92.7 Å². The molecule has 4 aromatic heterocycles. The van der Waals surface area contributed by atoms with Crippen LogP contribution in [-0.4, -0.2) is 65.1 Å². The Hall–Kier alpha value is -3.80. The molecule has 4 heterocycles. The average molecular weight is 886 g/mol. The number of carbonyl (C=O) groups is 5. The molecule has 0 saturated carbocycles. The summed E-state index contributed by atoms with van der Waals surface area (Å²) in [6, 6.07) is 15.8. The van der Waals surface area contributed by atoms with E-state index in [2.05, 4.69) is 23.9 Å². The van der Waals surface area contributed by atoms with Crippen molar-refractivity contribution in [3.63, 3.8) is 0 Å². The second kappa shape index (κ2) is 30.3. The number of hydrogen-bond donors (Lipinski definition) is 2. The van der Waals surface area contributed by atoms with Gasteiger partial charge in [0.05, 0.1) is 32.2 Å². The maximum atomic E-state index is 12.7. The molecule has 0 bridgehead atoms. The van der Waals surface area contributed by atoms with Crippen molar-refractivity contribution >= 4 is 87.8 Å². The van der Waals surface area contributed by atoms with Crippen molar-refractivity contribution in [2.24, 2.45) is 5.73 Å². The van der Waals surface area contributed by atoms with E-state index in [1.54, 1.807) is 55.1 Å². The summed E-state index contributed by atoms with van der Waals surface area (Å²) in [5.74, 6) is -1.23. The summed E-state index contributed by atoms with van der Waals surface area (Å²) in [5, 5.41) is 10.9. The number of rotatable bonds is 19. The van der Waals surface area contributed by atoms with Gasteiger partial charge in [-0.15, -0.1) is 57.8 Å². The van der Waals surface area contributed by atoms with Gasteiger partial charge in [-0.05, 0) is 58.6 Å². The van der Waals surface area contributed by atoms with Crippen molar-refractivity contribution in [3.05, 3.63) is 89.6 Å². The molecule has 12 nitrogen and oxygen atoms in total. The number of carbonyl (C=O) groups excluding carboxylic acids is 5. The molecule has 0 radical (unpaired) electrons. The molecule has 0 aliphatic rings. The molecule has 316 valence electrons. The monoisotopic (exact) mass is 884 g/mol. The minimum absolute atomic E-state index is 0. The second-order valence-corrected chi connectivity index (χ2v) is 16.8. The molecule has 0 aromatic carbocycles. The molecule has 0 spiro atoms. The zero-order chi connectivity index (χ0) is 41.1. The molecule has 17 heteroatoms. The summed E-state index contributed by atoms with van der Waals surface area (Å²) in [6.45, 7) is 10.7. The number of unbranched alkanes of at least 4 members (excludes halogenated alkanes) is 2. The predicted molar refractivity (Wildman–Crippen MR) is 233 cm³/mol. The van der Waals surface area contributed by atoms with Gasteiger partial charge < -0.3 is 25.3 Å². The molecule has 0 unspecified atom stereocenters. The lowest BCUT2D eigenvalue weighted by Crippen LogP contribution is -2.39. The van der Waals surface area contributed by atoms with Crippen molar-refractivity contribution < 1.29 is 38.2 Å². The molecule has 3 amide bonds. The maximum Gasteiger partial charge on any atom is 0.410 e. The average Bonchev–Trinajstić information content (AvgIpc) is 4.00. The molecule has 3 N–H and O–H groups in total. The van der Waals surface area contributed by atoms with Crippen molar-refractivity contribution in [1.82, 2.24) is 15.1 Å². The normalized spacial score (nSPS) is 11.2. The summed E-state index contributed by atoms with van der Waals surface area (Å²) < 4.78 is 14.9. The molecule has 4 aromatic rings. The predicted octanol–water partition coefficient (Wildman–Crippen LogP) is 9.63. The van der Waals surface area contributed by atoms with Gasteiger partial charge in [-0.3, -0.25) is 24.2 Å². The Balaban J connectivity index is 0.000000484. The number of amides is 3. The van der Waals surface area contributed by atoms with Gasteiger partial charge in [0.15, 0.2) is 0 Å². The lowest BCUT2D eigenvalue weighted by atomic mass is 10.1. The lowest BCUT2D eigenvalue weighted by molar-refractivity contribution is -0.156. The standard InChI is InChI=1S/C19H26N2O3S2.C17H24N2O2S2.C4H6O3.ClH/c1-3-4-7-16(20-15(2)22)14-24-19(23)21(12-17-8-5-10-25-17)13-18-9-6-11-26-18;1-2-3-6-14(18)13-21-17(20)19(11-15-7-4-9-22-15)12-16-8-5-10-23-16;1-3(5)7-4(2)6;/h5-6,8-11,16H,3-4,7,12-14H2,1-2H3,(H,20,22);4-5,7-10,14H,2-3,6,11-13,18H2,1H3;1-2H3;1H/t16-;14-;;/m00../s1. The van der Waals surface area contributed by atoms with Crippen LogP contribution in [0.15, 0.2) is 70.1 Å². The van der Waals surface area contributed by atoms with Crippen LogP contribution in [-0.2, 0) is 54.8 Å². The third-order valence-corrected chi connectivity index (χ3v) is 11.0. The first kappa shape index (κ1) is 51.2. The molecular weight excluding hydrogens is 828 g/mol. The number of nitrogens with zero attached hydrogens (tertiary/aromatic N) is 2. The minimum Gasteiger partial charge on any atom is -0.448 e. The van der Waals surface area contributed by atoms with E-state index in [0.717, 1.165) is 58.0 Å². The van der Waals surface area contributed by atoms with E-state index < -0.39 is 11.9 Å². The summed E-state index contributed by atoms with van der Waals surface area (Å²) in [4.78, 5) is 64.0. The van der Waals surface area contributed by atoms with Crippen LogP contribution < -0.4 is 11.1 Å². The van der Waals surface area contributed by atoms with Crippen LogP contribution in [0, 0.1) is 0 Å². The highest BCUT2D eigenvalue weighted by molar-refractivity contribution is 7.10. The fourth-order valence-corrected chi connectivity index (χ4v) is 7.83. The van der Waals surface area contributed by atoms with Crippen LogP contribution in [0.2, 0.25) is 0 Å². The van der Waals surface area contributed by atoms with Gasteiger partial charge in [-0.2, -0.15) is 0 Å². The van der Waals surface area contributed by atoms with E-state index in [-0.39, 0.29) is 55.8 Å². The summed E-state index contributed by atoms with van der Waals surface area (Å²) in [7, 11) is 0. The van der Waals surface area contributed by atoms with Gasteiger partial charge in [0.1, 0.15) is 13.2 Å². The van der Waals surface area contributed by atoms with E-state index in [1.165, 1.54) is 20.8 Å². The highest BCUT2D eigenvalue weighted by atomic mass is 35.5. The van der Waals surface area contributed by atoms with Crippen LogP contribution in [0.3, 0.4) is 0 Å². The van der Waals surface area contributed by atoms with Crippen LogP contribution in [0.5, 0.6) is 0 Å². The van der Waals surface area contributed by atoms with Gasteiger partial charge in [-0.1, -0.05) is 63.8 Å². The number of halogens is 1. The molecule has 2 atom stereocenters. The zero-order valence-electron chi connectivity index (χ0n) is 33.3. The number of esters is 2. The Morgan fingerprint density at radius 1 is 0.632 bits per heavy atom. The van der Waals surface area contributed by atoms with Gasteiger partial charge in [0.2, 0.25) is 5.91 Å². The van der Waals surface area contributed by atoms with Gasteiger partial charge in [0.25, 0.3) is 0 Å². The van der Waals surface area contributed by atoms with E-state index in [4.69, 9.17) is 15.2 Å². The SMILES string of the molecule is CC(=O)OC(C)=O.CCCC[C@@H](COC(=O)N(Cc1cccs1)Cc1cccs1)NC(C)=O.CCCC[C@H](N)COC(=O)N(Cc1cccs1)Cc1cccs1.Cl. The van der Waals surface area contributed by atoms with Gasteiger partial charge in [0, 0.05) is 46.3 Å². The largest absolute Gasteiger partial charge is 0.448 e. The maximum absolute atomic E-state index is 12.7. The highest BCUT2D eigenvalue weighted by Crippen LogP contribution is 2.20. The van der Waals surface area contributed by atoms with Gasteiger partial charge in [-0.25, -0.2) is 9.59 Å². The summed E-state index contributed by atoms with van der Waals surface area (Å²) in [5.41, 5.74) is 5.99. The van der Waals surface area contributed by atoms with Crippen molar-refractivity contribution in [3.8, 4) is 0 Å². The Labute approximate surface area is 359 Å². The second-order valence-electron chi connectivity index (χ2n) is 12.7. The number of hydrogen-bond acceptors (Lipinski definition) is 13. The van der Waals surface area contributed by atoms with E-state index in [0.29, 0.717) is 26.2 Å². The molecule has 57 heavy (non-hydrogen) atoms. The number of thiophene rings is 4. The smallest absolute Gasteiger partial charge is 0.410 e. The number of nitrogens with one attached hydrogen (secondary N) is 1. The molecule has 4 rings (SSSR count). The Morgan fingerprint density at radius 2 is 1.00 bits per heavy atom. The third-order valence-electron chi connectivity index (χ3n) is 7.58. The Kier molecular flexibility index (Phi) is 27.2. The summed E-state index contributed by atoms with van der Waals surface area (Å²) >= 11 is 6.54. The van der Waals surface area contributed by atoms with Crippen LogP contribution >= 0.6 is 57.8 Å². The highest BCUT2D eigenvalue weighted by Gasteiger charge is 2.21. The van der Waals surface area contributed by atoms with Crippen molar-refractivity contribution in [2.45, 2.75) is 111 Å². The third kappa shape index (κ3) is 23.9. The molecular formula is C40H57ClN4O8S4. The van der Waals surface area contributed by atoms with E-state index >= 15 is 0 Å². The first-order valence-electron chi connectivity index (χ1n) is 18.5. The van der Waals surface area contributed by atoms with Crippen molar-refractivity contribution in [1.29, 1.82) is 0 Å². The quantitative estimate of drug-likeness (QED) is 0.0532. The van der Waals surface area contributed by atoms with Crippen LogP contribution in [0.25, 0.3) is 0 Å².